The molecular weight excluding hydrogens is 633 g/mol. The van der Waals surface area contributed by atoms with E-state index in [-0.39, 0.29) is 0 Å². The maximum absolute atomic E-state index is 6.66. The molecule has 8 aromatic carbocycles. The van der Waals surface area contributed by atoms with Crippen molar-refractivity contribution in [2.45, 2.75) is 0 Å². The molecule has 0 N–H and O–H groups in total. The molecule has 2 aromatic heterocycles. The Kier molecular flexibility index (Phi) is 7.14. The van der Waals surface area contributed by atoms with E-state index in [1.807, 2.05) is 24.4 Å². The molecule has 0 atom stereocenters. The van der Waals surface area contributed by atoms with Crippen molar-refractivity contribution >= 4 is 60.7 Å². The minimum absolute atomic E-state index is 0.825. The monoisotopic (exact) mass is 664 g/mol. The molecule has 2 heterocycles. The standard InChI is InChI=1S/C49H32N2O/c1-3-12-33(13-4-1)37-18-11-19-39(29-37)51(41-25-27-43-46-32-50-47-21-10-9-20-44(47)49(46)52-48(43)31-41)40-24-26-42(45(30-40)35-15-5-2-6-16-35)38-23-22-34-14-7-8-17-36(34)28-38/h1-32H. The summed E-state index contributed by atoms with van der Waals surface area (Å²) in [6.07, 6.45) is 1.93. The van der Waals surface area contributed by atoms with Crippen LogP contribution in [-0.2, 0) is 0 Å². The molecule has 3 heteroatoms. The molecule has 0 saturated heterocycles. The minimum atomic E-state index is 0.825. The molecule has 244 valence electrons. The van der Waals surface area contributed by atoms with Crippen LogP contribution in [0.2, 0.25) is 0 Å². The van der Waals surface area contributed by atoms with E-state index in [1.165, 1.54) is 33.0 Å². The van der Waals surface area contributed by atoms with Crippen molar-refractivity contribution in [3.05, 3.63) is 194 Å². The number of rotatable bonds is 6. The number of para-hydroxylation sites is 1. The van der Waals surface area contributed by atoms with Gasteiger partial charge in [0.05, 0.1) is 5.52 Å². The van der Waals surface area contributed by atoms with E-state index in [1.54, 1.807) is 0 Å². The summed E-state index contributed by atoms with van der Waals surface area (Å²) in [5, 5.41) is 5.54. The van der Waals surface area contributed by atoms with Gasteiger partial charge in [-0.25, -0.2) is 0 Å². The first-order valence-corrected chi connectivity index (χ1v) is 17.6. The third-order valence-corrected chi connectivity index (χ3v) is 10.1. The molecule has 10 rings (SSSR count). The van der Waals surface area contributed by atoms with Crippen LogP contribution in [0.1, 0.15) is 0 Å². The van der Waals surface area contributed by atoms with Crippen LogP contribution in [0.25, 0.3) is 77.0 Å². The summed E-state index contributed by atoms with van der Waals surface area (Å²) in [7, 11) is 0. The van der Waals surface area contributed by atoms with Crippen LogP contribution in [0.5, 0.6) is 0 Å². The van der Waals surface area contributed by atoms with E-state index in [2.05, 4.69) is 175 Å². The molecule has 0 radical (unpaired) electrons. The summed E-state index contributed by atoms with van der Waals surface area (Å²) in [6, 6.07) is 66.9. The topological polar surface area (TPSA) is 29.3 Å². The molecule has 0 aliphatic heterocycles. The highest BCUT2D eigenvalue weighted by Gasteiger charge is 2.19. The van der Waals surface area contributed by atoms with E-state index in [9.17, 15) is 0 Å². The van der Waals surface area contributed by atoms with Crippen LogP contribution in [-0.4, -0.2) is 4.98 Å². The molecule has 0 aliphatic rings. The predicted molar refractivity (Wildman–Crippen MR) is 218 cm³/mol. The zero-order valence-corrected chi connectivity index (χ0v) is 28.3. The highest BCUT2D eigenvalue weighted by molar-refractivity contribution is 6.14. The maximum Gasteiger partial charge on any atom is 0.146 e. The molecule has 3 nitrogen and oxygen atoms in total. The SMILES string of the molecule is c1ccc(-c2cccc(N(c3ccc(-c4ccc5ccccc5c4)c(-c4ccccc4)c3)c3ccc4c(c3)oc3c5ccccc5ncc43)c2)cc1. The number of pyridine rings is 1. The summed E-state index contributed by atoms with van der Waals surface area (Å²) in [4.78, 5) is 7.08. The molecule has 0 saturated carbocycles. The van der Waals surface area contributed by atoms with Crippen molar-refractivity contribution in [2.24, 2.45) is 0 Å². The lowest BCUT2D eigenvalue weighted by Crippen LogP contribution is -2.10. The van der Waals surface area contributed by atoms with Gasteiger partial charge in [0.15, 0.2) is 0 Å². The number of furan rings is 1. The highest BCUT2D eigenvalue weighted by Crippen LogP contribution is 2.43. The van der Waals surface area contributed by atoms with Gasteiger partial charge < -0.3 is 9.32 Å². The third kappa shape index (κ3) is 5.19. The number of anilines is 3. The van der Waals surface area contributed by atoms with Crippen molar-refractivity contribution < 1.29 is 4.42 Å². The fraction of sp³-hybridized carbons (Fsp3) is 0. The number of hydrogen-bond acceptors (Lipinski definition) is 3. The van der Waals surface area contributed by atoms with Crippen molar-refractivity contribution in [2.75, 3.05) is 4.90 Å². The van der Waals surface area contributed by atoms with Crippen LogP contribution >= 0.6 is 0 Å². The second-order valence-corrected chi connectivity index (χ2v) is 13.2. The lowest BCUT2D eigenvalue weighted by Gasteiger charge is -2.27. The van der Waals surface area contributed by atoms with Crippen LogP contribution in [0, 0.1) is 0 Å². The smallest absolute Gasteiger partial charge is 0.146 e. The number of hydrogen-bond donors (Lipinski definition) is 0. The second-order valence-electron chi connectivity index (χ2n) is 13.2. The summed E-state index contributed by atoms with van der Waals surface area (Å²) in [6.45, 7) is 0. The zero-order chi connectivity index (χ0) is 34.4. The van der Waals surface area contributed by atoms with Gasteiger partial charge in [-0.05, 0) is 98.8 Å². The molecule has 0 unspecified atom stereocenters. The number of aromatic nitrogens is 1. The van der Waals surface area contributed by atoms with E-state index in [0.29, 0.717) is 0 Å². The van der Waals surface area contributed by atoms with Crippen LogP contribution in [0.3, 0.4) is 0 Å². The lowest BCUT2D eigenvalue weighted by atomic mass is 9.92. The summed E-state index contributed by atoms with van der Waals surface area (Å²) < 4.78 is 6.66. The molecule has 52 heavy (non-hydrogen) atoms. The van der Waals surface area contributed by atoms with Crippen LogP contribution in [0.15, 0.2) is 199 Å². The largest absolute Gasteiger partial charge is 0.455 e. The molecule has 0 bridgehead atoms. The minimum Gasteiger partial charge on any atom is -0.455 e. The van der Waals surface area contributed by atoms with E-state index in [4.69, 9.17) is 9.40 Å². The van der Waals surface area contributed by atoms with E-state index < -0.39 is 0 Å². The second kappa shape index (κ2) is 12.4. The Labute approximate surface area is 301 Å². The Hall–Kier alpha value is -6.97. The van der Waals surface area contributed by atoms with Crippen molar-refractivity contribution in [3.8, 4) is 33.4 Å². The third-order valence-electron chi connectivity index (χ3n) is 10.1. The zero-order valence-electron chi connectivity index (χ0n) is 28.3. The molecule has 0 aliphatic carbocycles. The molecule has 0 amide bonds. The Bertz CT molecular complexity index is 2910. The van der Waals surface area contributed by atoms with Gasteiger partial charge in [0.1, 0.15) is 11.2 Å². The van der Waals surface area contributed by atoms with E-state index in [0.717, 1.165) is 61.0 Å². The first kappa shape index (κ1) is 29.9. The predicted octanol–water partition coefficient (Wildman–Crippen LogP) is 13.8. The number of fused-ring (bicyclic) bond motifs is 6. The first-order chi connectivity index (χ1) is 25.8. The fourth-order valence-electron chi connectivity index (χ4n) is 7.52. The summed E-state index contributed by atoms with van der Waals surface area (Å²) in [5.41, 5.74) is 12.8. The quantitative estimate of drug-likeness (QED) is 0.177. The van der Waals surface area contributed by atoms with E-state index >= 15 is 0 Å². The van der Waals surface area contributed by atoms with Gasteiger partial charge in [-0.15, -0.1) is 0 Å². The van der Waals surface area contributed by atoms with Crippen molar-refractivity contribution in [1.29, 1.82) is 0 Å². The number of nitrogens with zero attached hydrogens (tertiary/aromatic N) is 2. The first-order valence-electron chi connectivity index (χ1n) is 17.6. The summed E-state index contributed by atoms with van der Waals surface area (Å²) in [5.74, 6) is 0. The van der Waals surface area contributed by atoms with Gasteiger partial charge in [0.25, 0.3) is 0 Å². The highest BCUT2D eigenvalue weighted by atomic mass is 16.3. The molecule has 10 aromatic rings. The lowest BCUT2D eigenvalue weighted by molar-refractivity contribution is 0.672. The van der Waals surface area contributed by atoms with Gasteiger partial charge in [0, 0.05) is 45.5 Å². The van der Waals surface area contributed by atoms with Crippen molar-refractivity contribution in [1.82, 2.24) is 4.98 Å². The average molecular weight is 665 g/mol. The average Bonchev–Trinajstić information content (AvgIpc) is 3.60. The Balaban J connectivity index is 1.19. The van der Waals surface area contributed by atoms with Gasteiger partial charge in [-0.2, -0.15) is 0 Å². The number of benzene rings is 8. The maximum atomic E-state index is 6.66. The van der Waals surface area contributed by atoms with Gasteiger partial charge >= 0.3 is 0 Å². The van der Waals surface area contributed by atoms with Crippen LogP contribution in [0.4, 0.5) is 17.1 Å². The van der Waals surface area contributed by atoms with Gasteiger partial charge in [0.2, 0.25) is 0 Å². The van der Waals surface area contributed by atoms with Crippen molar-refractivity contribution in [3.63, 3.8) is 0 Å². The normalized spacial score (nSPS) is 11.5. The molecular formula is C49H32N2O. The Morgan fingerprint density at radius 1 is 0.385 bits per heavy atom. The summed E-state index contributed by atoms with van der Waals surface area (Å²) >= 11 is 0. The Morgan fingerprint density at radius 3 is 1.94 bits per heavy atom. The molecule has 0 spiro atoms. The van der Waals surface area contributed by atoms with Crippen LogP contribution < -0.4 is 4.90 Å². The Morgan fingerprint density at radius 2 is 1.08 bits per heavy atom. The molecule has 0 fully saturated rings. The fourth-order valence-corrected chi connectivity index (χ4v) is 7.52. The van der Waals surface area contributed by atoms with Gasteiger partial charge in [-0.3, -0.25) is 4.98 Å². The van der Waals surface area contributed by atoms with Gasteiger partial charge in [-0.1, -0.05) is 127 Å².